The Labute approximate surface area is 168 Å². The van der Waals surface area contributed by atoms with Gasteiger partial charge in [-0.3, -0.25) is 10.1 Å². The van der Waals surface area contributed by atoms with Crippen LogP contribution < -0.4 is 16.0 Å². The predicted molar refractivity (Wildman–Crippen MR) is 111 cm³/mol. The Balaban J connectivity index is 1.37. The number of nitrogens with zero attached hydrogens (tertiary/aromatic N) is 1. The number of benzene rings is 1. The first kappa shape index (κ1) is 20.3. The number of nitrogens with one attached hydrogen (secondary N) is 3. The molecule has 1 aliphatic rings. The summed E-state index contributed by atoms with van der Waals surface area (Å²) in [6.07, 6.45) is 6.77. The van der Waals surface area contributed by atoms with Crippen molar-refractivity contribution in [2.45, 2.75) is 38.7 Å². The average molecular weight is 403 g/mol. The lowest BCUT2D eigenvalue weighted by Crippen LogP contribution is -2.34. The second-order valence-corrected chi connectivity index (χ2v) is 7.82. The number of carbonyl (C=O) groups is 2. The quantitative estimate of drug-likeness (QED) is 0.608. The van der Waals surface area contributed by atoms with Crippen LogP contribution in [0.5, 0.6) is 0 Å². The first-order valence-electron chi connectivity index (χ1n) is 9.59. The number of thiazole rings is 1. The smallest absolute Gasteiger partial charge is 0.319 e. The molecule has 0 aliphatic heterocycles. The maximum Gasteiger partial charge on any atom is 0.319 e. The third-order valence-electron chi connectivity index (χ3n) is 4.81. The Morgan fingerprint density at radius 1 is 1.18 bits per heavy atom. The molecule has 28 heavy (non-hydrogen) atoms. The highest BCUT2D eigenvalue weighted by Crippen LogP contribution is 2.26. The Kier molecular flexibility index (Phi) is 7.39. The van der Waals surface area contributed by atoms with Gasteiger partial charge in [0.05, 0.1) is 12.7 Å². The first-order chi connectivity index (χ1) is 13.6. The van der Waals surface area contributed by atoms with E-state index in [1.165, 1.54) is 30.6 Å². The molecule has 3 rings (SSSR count). The zero-order valence-corrected chi connectivity index (χ0v) is 16.8. The van der Waals surface area contributed by atoms with Crippen molar-refractivity contribution in [3.63, 3.8) is 0 Å². The summed E-state index contributed by atoms with van der Waals surface area (Å²) in [6.45, 7) is 3.20. The maximum atomic E-state index is 12.1. The Morgan fingerprint density at radius 3 is 2.68 bits per heavy atom. The van der Waals surface area contributed by atoms with Crippen LogP contribution in [0.4, 0.5) is 15.6 Å². The van der Waals surface area contributed by atoms with Crippen LogP contribution in [0.25, 0.3) is 0 Å². The Bertz CT molecular complexity index is 764. The normalized spacial score (nSPS) is 19.0. The fourth-order valence-corrected chi connectivity index (χ4v) is 3.76. The van der Waals surface area contributed by atoms with Gasteiger partial charge < -0.3 is 15.4 Å². The van der Waals surface area contributed by atoms with E-state index < -0.39 is 0 Å². The molecule has 1 heterocycles. The molecule has 1 aromatic carbocycles. The van der Waals surface area contributed by atoms with Crippen LogP contribution in [-0.2, 0) is 4.74 Å². The molecule has 0 saturated heterocycles. The molecule has 1 fully saturated rings. The molecule has 0 spiro atoms. The van der Waals surface area contributed by atoms with Crippen LogP contribution in [0.2, 0.25) is 0 Å². The van der Waals surface area contributed by atoms with Crippen molar-refractivity contribution in [2.24, 2.45) is 5.92 Å². The van der Waals surface area contributed by atoms with Crippen molar-refractivity contribution >= 4 is 34.1 Å². The van der Waals surface area contributed by atoms with Gasteiger partial charge in [0.15, 0.2) is 5.13 Å². The fourth-order valence-electron chi connectivity index (χ4n) is 3.24. The van der Waals surface area contributed by atoms with Crippen LogP contribution in [0.15, 0.2) is 35.8 Å². The van der Waals surface area contributed by atoms with Gasteiger partial charge in [0.1, 0.15) is 0 Å². The fraction of sp³-hybridized carbons (Fsp3) is 0.450. The number of anilines is 2. The molecular weight excluding hydrogens is 376 g/mol. The van der Waals surface area contributed by atoms with Gasteiger partial charge in [0.25, 0.3) is 5.91 Å². The number of amides is 3. The molecule has 3 amide bonds. The highest BCUT2D eigenvalue weighted by atomic mass is 32.1. The molecule has 1 aromatic heterocycles. The van der Waals surface area contributed by atoms with Crippen LogP contribution in [-0.4, -0.2) is 36.2 Å². The zero-order valence-electron chi connectivity index (χ0n) is 15.9. The second-order valence-electron chi connectivity index (χ2n) is 6.92. The van der Waals surface area contributed by atoms with Crippen molar-refractivity contribution in [1.29, 1.82) is 0 Å². The number of aromatic nitrogens is 1. The van der Waals surface area contributed by atoms with Gasteiger partial charge in [-0.05, 0) is 43.0 Å². The van der Waals surface area contributed by atoms with Crippen molar-refractivity contribution < 1.29 is 14.3 Å². The Hall–Kier alpha value is -2.45. The minimum Gasteiger partial charge on any atom is -0.376 e. The first-order valence-corrected chi connectivity index (χ1v) is 10.5. The lowest BCUT2D eigenvalue weighted by molar-refractivity contribution is -0.00232. The molecule has 1 aliphatic carbocycles. The number of ether oxygens (including phenoxy) is 1. The molecule has 2 atom stereocenters. The summed E-state index contributed by atoms with van der Waals surface area (Å²) in [6, 6.07) is 6.41. The van der Waals surface area contributed by atoms with E-state index in [1.54, 1.807) is 35.8 Å². The minimum absolute atomic E-state index is 0.236. The SMILES string of the molecule is C[C@H]1CCCC[C@@H]1OCCNC(=O)Nc1ccc(C(=O)Nc2nccs2)cc1. The maximum absolute atomic E-state index is 12.1. The number of urea groups is 1. The summed E-state index contributed by atoms with van der Waals surface area (Å²) in [4.78, 5) is 28.1. The standard InChI is InChI=1S/C20H26N4O3S/c1-14-4-2-3-5-17(14)27-12-10-21-19(26)23-16-8-6-15(7-9-16)18(25)24-20-22-11-13-28-20/h6-9,11,13-14,17H,2-5,10,12H2,1H3,(H2,21,23,26)(H,22,24,25)/t14-,17-/m0/s1. The van der Waals surface area contributed by atoms with Crippen molar-refractivity contribution in [1.82, 2.24) is 10.3 Å². The highest BCUT2D eigenvalue weighted by Gasteiger charge is 2.21. The molecule has 0 bridgehead atoms. The number of carbonyl (C=O) groups excluding carboxylic acids is 2. The second kappa shape index (κ2) is 10.2. The van der Waals surface area contributed by atoms with E-state index >= 15 is 0 Å². The summed E-state index contributed by atoms with van der Waals surface area (Å²) >= 11 is 1.36. The van der Waals surface area contributed by atoms with E-state index in [0.717, 1.165) is 6.42 Å². The molecule has 3 N–H and O–H groups in total. The largest absolute Gasteiger partial charge is 0.376 e. The molecule has 150 valence electrons. The van der Waals surface area contributed by atoms with Gasteiger partial charge in [-0.25, -0.2) is 9.78 Å². The van der Waals surface area contributed by atoms with Crippen LogP contribution in [0, 0.1) is 5.92 Å². The van der Waals surface area contributed by atoms with Gasteiger partial charge in [0, 0.05) is 29.4 Å². The minimum atomic E-state index is -0.291. The molecule has 7 nitrogen and oxygen atoms in total. The summed E-state index contributed by atoms with van der Waals surface area (Å²) in [7, 11) is 0. The Morgan fingerprint density at radius 2 is 1.96 bits per heavy atom. The summed E-state index contributed by atoms with van der Waals surface area (Å²) < 4.78 is 5.89. The zero-order chi connectivity index (χ0) is 19.8. The highest BCUT2D eigenvalue weighted by molar-refractivity contribution is 7.13. The number of rotatable bonds is 7. The van der Waals surface area contributed by atoms with Gasteiger partial charge in [-0.1, -0.05) is 19.8 Å². The molecule has 1 saturated carbocycles. The van der Waals surface area contributed by atoms with E-state index in [1.807, 2.05) is 0 Å². The molecule has 0 unspecified atom stereocenters. The van der Waals surface area contributed by atoms with Gasteiger partial charge in [-0.15, -0.1) is 11.3 Å². The van der Waals surface area contributed by atoms with Crippen molar-refractivity contribution in [3.8, 4) is 0 Å². The molecule has 2 aromatic rings. The molecule has 0 radical (unpaired) electrons. The third kappa shape index (κ3) is 6.03. The summed E-state index contributed by atoms with van der Waals surface area (Å²) in [5, 5.41) is 10.6. The molecular formula is C20H26N4O3S. The van der Waals surface area contributed by atoms with E-state index in [9.17, 15) is 9.59 Å². The average Bonchev–Trinajstić information content (AvgIpc) is 3.20. The van der Waals surface area contributed by atoms with Crippen LogP contribution >= 0.6 is 11.3 Å². The van der Waals surface area contributed by atoms with Crippen molar-refractivity contribution in [3.05, 3.63) is 41.4 Å². The number of hydrogen-bond donors (Lipinski definition) is 3. The topological polar surface area (TPSA) is 92.4 Å². The lowest BCUT2D eigenvalue weighted by Gasteiger charge is -2.28. The van der Waals surface area contributed by atoms with Crippen molar-refractivity contribution in [2.75, 3.05) is 23.8 Å². The van der Waals surface area contributed by atoms with E-state index in [2.05, 4.69) is 27.9 Å². The number of hydrogen-bond acceptors (Lipinski definition) is 5. The summed E-state index contributed by atoms with van der Waals surface area (Å²) in [5.74, 6) is 0.355. The monoisotopic (exact) mass is 402 g/mol. The van der Waals surface area contributed by atoms with Gasteiger partial charge in [-0.2, -0.15) is 0 Å². The van der Waals surface area contributed by atoms with Gasteiger partial charge in [0.2, 0.25) is 0 Å². The van der Waals surface area contributed by atoms with E-state index in [4.69, 9.17) is 4.74 Å². The third-order valence-corrected chi connectivity index (χ3v) is 5.50. The van der Waals surface area contributed by atoms with E-state index in [-0.39, 0.29) is 11.9 Å². The van der Waals surface area contributed by atoms with E-state index in [0.29, 0.717) is 41.6 Å². The molecule has 8 heteroatoms. The van der Waals surface area contributed by atoms with Crippen LogP contribution in [0.3, 0.4) is 0 Å². The predicted octanol–water partition coefficient (Wildman–Crippen LogP) is 4.11. The van der Waals surface area contributed by atoms with Crippen LogP contribution in [0.1, 0.15) is 43.0 Å². The summed E-state index contributed by atoms with van der Waals surface area (Å²) in [5.41, 5.74) is 1.11. The van der Waals surface area contributed by atoms with Gasteiger partial charge >= 0.3 is 6.03 Å². The lowest BCUT2D eigenvalue weighted by atomic mass is 9.88.